The first-order valence-corrected chi connectivity index (χ1v) is 10.1. The Labute approximate surface area is 162 Å². The highest BCUT2D eigenvalue weighted by Gasteiger charge is 2.25. The number of Topliss-reactive ketones (excluding diaryl/α,β-unsaturated/α-hetero) is 1. The molecule has 0 N–H and O–H groups in total. The van der Waals surface area contributed by atoms with Gasteiger partial charge in [0.2, 0.25) is 5.91 Å². The number of carbonyl (C=O) groups excluding carboxylic acids is 3. The van der Waals surface area contributed by atoms with Crippen molar-refractivity contribution in [2.24, 2.45) is 0 Å². The highest BCUT2D eigenvalue weighted by Crippen LogP contribution is 2.23. The SMILES string of the molecule is CCOC(=O)CCN(C(=O)CCC(=O)c1ccccc1)C1CCCCCC1. The Morgan fingerprint density at radius 3 is 2.26 bits per heavy atom. The molecule has 1 fully saturated rings. The maximum absolute atomic E-state index is 12.9. The van der Waals surface area contributed by atoms with E-state index in [1.165, 1.54) is 12.8 Å². The van der Waals surface area contributed by atoms with E-state index in [-0.39, 0.29) is 43.0 Å². The molecule has 5 nitrogen and oxygen atoms in total. The van der Waals surface area contributed by atoms with E-state index in [1.807, 2.05) is 23.1 Å². The van der Waals surface area contributed by atoms with Gasteiger partial charge in [-0.25, -0.2) is 0 Å². The summed E-state index contributed by atoms with van der Waals surface area (Å²) in [6, 6.07) is 9.23. The number of hydrogen-bond acceptors (Lipinski definition) is 4. The number of carbonyl (C=O) groups is 3. The highest BCUT2D eigenvalue weighted by molar-refractivity contribution is 5.97. The molecule has 1 saturated carbocycles. The molecule has 5 heteroatoms. The number of benzene rings is 1. The van der Waals surface area contributed by atoms with Gasteiger partial charge < -0.3 is 9.64 Å². The minimum absolute atomic E-state index is 0.0184. The molecule has 1 amide bonds. The van der Waals surface area contributed by atoms with Crippen LogP contribution in [0.2, 0.25) is 0 Å². The lowest BCUT2D eigenvalue weighted by Crippen LogP contribution is -2.41. The molecule has 0 aliphatic heterocycles. The minimum atomic E-state index is -0.274. The summed E-state index contributed by atoms with van der Waals surface area (Å²) in [5.74, 6) is -0.324. The minimum Gasteiger partial charge on any atom is -0.466 e. The molecular weight excluding hydrogens is 342 g/mol. The Hall–Kier alpha value is -2.17. The summed E-state index contributed by atoms with van der Waals surface area (Å²) < 4.78 is 5.01. The van der Waals surface area contributed by atoms with Gasteiger partial charge in [0.05, 0.1) is 13.0 Å². The lowest BCUT2D eigenvalue weighted by molar-refractivity contribution is -0.144. The smallest absolute Gasteiger partial charge is 0.307 e. The van der Waals surface area contributed by atoms with Gasteiger partial charge in [-0.3, -0.25) is 14.4 Å². The van der Waals surface area contributed by atoms with Gasteiger partial charge in [0, 0.05) is 31.0 Å². The Bertz CT molecular complexity index is 606. The first-order chi connectivity index (χ1) is 13.1. The maximum atomic E-state index is 12.9. The Kier molecular flexibility index (Phi) is 9.02. The number of amides is 1. The normalized spacial score (nSPS) is 15.0. The van der Waals surface area contributed by atoms with Gasteiger partial charge in [0.25, 0.3) is 0 Å². The van der Waals surface area contributed by atoms with E-state index in [0.717, 1.165) is 25.7 Å². The zero-order chi connectivity index (χ0) is 19.5. The quantitative estimate of drug-likeness (QED) is 0.370. The van der Waals surface area contributed by atoms with Crippen LogP contribution in [0.1, 0.15) is 75.1 Å². The molecule has 1 aromatic rings. The first-order valence-electron chi connectivity index (χ1n) is 10.1. The summed E-state index contributed by atoms with van der Waals surface area (Å²) in [4.78, 5) is 38.8. The van der Waals surface area contributed by atoms with Crippen molar-refractivity contribution in [3.8, 4) is 0 Å². The number of esters is 1. The predicted octanol–water partition coefficient (Wildman–Crippen LogP) is 4.15. The van der Waals surface area contributed by atoms with Crippen LogP contribution >= 0.6 is 0 Å². The van der Waals surface area contributed by atoms with Crippen molar-refractivity contribution in [3.05, 3.63) is 35.9 Å². The molecule has 0 unspecified atom stereocenters. The summed E-state index contributed by atoms with van der Waals surface area (Å²) in [5.41, 5.74) is 0.637. The lowest BCUT2D eigenvalue weighted by Gasteiger charge is -2.31. The van der Waals surface area contributed by atoms with Crippen molar-refractivity contribution in [2.75, 3.05) is 13.2 Å². The van der Waals surface area contributed by atoms with Gasteiger partial charge in [-0.15, -0.1) is 0 Å². The summed E-state index contributed by atoms with van der Waals surface area (Å²) in [6.45, 7) is 2.50. The van der Waals surface area contributed by atoms with E-state index in [1.54, 1.807) is 19.1 Å². The summed E-state index contributed by atoms with van der Waals surface area (Å²) in [5, 5.41) is 0. The van der Waals surface area contributed by atoms with E-state index in [4.69, 9.17) is 4.74 Å². The summed E-state index contributed by atoms with van der Waals surface area (Å²) in [6.07, 6.45) is 7.16. The fraction of sp³-hybridized carbons (Fsp3) is 0.591. The Morgan fingerprint density at radius 1 is 0.963 bits per heavy atom. The highest BCUT2D eigenvalue weighted by atomic mass is 16.5. The lowest BCUT2D eigenvalue weighted by atomic mass is 10.0. The van der Waals surface area contributed by atoms with Crippen molar-refractivity contribution >= 4 is 17.7 Å². The molecule has 0 atom stereocenters. The van der Waals surface area contributed by atoms with Crippen LogP contribution in [-0.2, 0) is 14.3 Å². The van der Waals surface area contributed by atoms with Crippen LogP contribution in [-0.4, -0.2) is 41.8 Å². The average Bonchev–Trinajstić information content (AvgIpc) is 2.96. The summed E-state index contributed by atoms with van der Waals surface area (Å²) in [7, 11) is 0. The monoisotopic (exact) mass is 373 g/mol. The van der Waals surface area contributed by atoms with E-state index in [2.05, 4.69) is 0 Å². The molecule has 27 heavy (non-hydrogen) atoms. The van der Waals surface area contributed by atoms with E-state index in [0.29, 0.717) is 18.7 Å². The molecule has 0 bridgehead atoms. The van der Waals surface area contributed by atoms with E-state index >= 15 is 0 Å². The third-order valence-electron chi connectivity index (χ3n) is 5.11. The van der Waals surface area contributed by atoms with Gasteiger partial charge in [0.1, 0.15) is 0 Å². The number of ether oxygens (including phenoxy) is 1. The Balaban J connectivity index is 1.96. The molecule has 0 radical (unpaired) electrons. The van der Waals surface area contributed by atoms with Crippen molar-refractivity contribution in [2.45, 2.75) is 70.8 Å². The number of rotatable bonds is 9. The van der Waals surface area contributed by atoms with Crippen LogP contribution in [0.15, 0.2) is 30.3 Å². The van der Waals surface area contributed by atoms with Crippen molar-refractivity contribution in [1.29, 1.82) is 0 Å². The second-order valence-corrected chi connectivity index (χ2v) is 7.08. The van der Waals surface area contributed by atoms with Gasteiger partial charge in [-0.2, -0.15) is 0 Å². The largest absolute Gasteiger partial charge is 0.466 e. The Morgan fingerprint density at radius 2 is 1.63 bits per heavy atom. The summed E-state index contributed by atoms with van der Waals surface area (Å²) >= 11 is 0. The van der Waals surface area contributed by atoms with Crippen LogP contribution in [0.4, 0.5) is 0 Å². The fourth-order valence-corrected chi connectivity index (χ4v) is 3.66. The molecule has 148 valence electrons. The molecule has 0 heterocycles. The topological polar surface area (TPSA) is 63.7 Å². The molecule has 0 aromatic heterocycles. The molecule has 1 aliphatic carbocycles. The van der Waals surface area contributed by atoms with Crippen molar-refractivity contribution in [1.82, 2.24) is 4.90 Å². The second kappa shape index (κ2) is 11.5. The second-order valence-electron chi connectivity index (χ2n) is 7.08. The maximum Gasteiger partial charge on any atom is 0.307 e. The molecule has 1 aliphatic rings. The molecule has 0 saturated heterocycles. The third-order valence-corrected chi connectivity index (χ3v) is 5.11. The van der Waals surface area contributed by atoms with E-state index in [9.17, 15) is 14.4 Å². The molecular formula is C22H31NO4. The van der Waals surface area contributed by atoms with Crippen LogP contribution in [0.5, 0.6) is 0 Å². The third kappa shape index (κ3) is 7.16. The number of nitrogens with zero attached hydrogens (tertiary/aromatic N) is 1. The molecule has 2 rings (SSSR count). The number of ketones is 1. The van der Waals surface area contributed by atoms with Crippen molar-refractivity contribution in [3.63, 3.8) is 0 Å². The first kappa shape index (κ1) is 21.1. The van der Waals surface area contributed by atoms with Gasteiger partial charge in [-0.05, 0) is 19.8 Å². The van der Waals surface area contributed by atoms with Crippen molar-refractivity contribution < 1.29 is 19.1 Å². The van der Waals surface area contributed by atoms with Gasteiger partial charge >= 0.3 is 5.97 Å². The molecule has 1 aromatic carbocycles. The molecule has 0 spiro atoms. The van der Waals surface area contributed by atoms with Gasteiger partial charge in [-0.1, -0.05) is 56.0 Å². The standard InChI is InChI=1S/C22H31NO4/c1-2-27-22(26)16-17-23(19-12-8-3-4-9-13-19)21(25)15-14-20(24)18-10-6-5-7-11-18/h5-7,10-11,19H,2-4,8-9,12-17H2,1H3. The van der Waals surface area contributed by atoms with Crippen LogP contribution in [0.25, 0.3) is 0 Å². The van der Waals surface area contributed by atoms with Crippen LogP contribution in [0, 0.1) is 0 Å². The average molecular weight is 373 g/mol. The predicted molar refractivity (Wildman–Crippen MR) is 104 cm³/mol. The van der Waals surface area contributed by atoms with Crippen LogP contribution < -0.4 is 0 Å². The van der Waals surface area contributed by atoms with Crippen LogP contribution in [0.3, 0.4) is 0 Å². The zero-order valence-corrected chi connectivity index (χ0v) is 16.3. The fourth-order valence-electron chi connectivity index (χ4n) is 3.66. The van der Waals surface area contributed by atoms with Gasteiger partial charge in [0.15, 0.2) is 5.78 Å². The number of hydrogen-bond donors (Lipinski definition) is 0. The zero-order valence-electron chi connectivity index (χ0n) is 16.3. The van der Waals surface area contributed by atoms with E-state index < -0.39 is 0 Å².